The summed E-state index contributed by atoms with van der Waals surface area (Å²) in [7, 11) is 2.32. The Bertz CT molecular complexity index is 835. The third-order valence-corrected chi connectivity index (χ3v) is 6.78. The number of carbonyl (C=O) groups excluding carboxylic acids is 1. The zero-order valence-corrected chi connectivity index (χ0v) is 20.3. The van der Waals surface area contributed by atoms with Crippen molar-refractivity contribution in [3.05, 3.63) is 65.2 Å². The van der Waals surface area contributed by atoms with Crippen LogP contribution in [0.5, 0.6) is 5.75 Å². The largest absolute Gasteiger partial charge is 0.426 e. The maximum Gasteiger partial charge on any atom is 0.313 e. The Hall–Kier alpha value is -2.17. The lowest BCUT2D eigenvalue weighted by Crippen LogP contribution is -2.55. The minimum absolute atomic E-state index is 0.0430. The number of nitrogens with zero attached hydrogens (tertiary/aromatic N) is 1. The summed E-state index contributed by atoms with van der Waals surface area (Å²) in [6, 6.07) is 17.1. The Morgan fingerprint density at radius 1 is 0.968 bits per heavy atom. The summed E-state index contributed by atoms with van der Waals surface area (Å²) in [6.45, 7) is 13.7. The molecule has 0 spiro atoms. The molecule has 2 rings (SSSR count). The molecule has 0 heterocycles. The van der Waals surface area contributed by atoms with Crippen molar-refractivity contribution in [2.45, 2.75) is 72.6 Å². The van der Waals surface area contributed by atoms with E-state index in [9.17, 15) is 9.90 Å². The van der Waals surface area contributed by atoms with Crippen molar-refractivity contribution in [2.75, 3.05) is 13.6 Å². The lowest BCUT2D eigenvalue weighted by Gasteiger charge is -2.43. The van der Waals surface area contributed by atoms with E-state index in [0.29, 0.717) is 17.8 Å². The second-order valence-corrected chi connectivity index (χ2v) is 9.62. The summed E-state index contributed by atoms with van der Waals surface area (Å²) in [6.07, 6.45) is 0.915. The van der Waals surface area contributed by atoms with E-state index >= 15 is 0 Å². The van der Waals surface area contributed by atoms with Gasteiger partial charge in [-0.2, -0.15) is 0 Å². The molecule has 4 nitrogen and oxygen atoms in total. The molecule has 0 saturated carbocycles. The lowest BCUT2D eigenvalue weighted by atomic mass is 9.86. The summed E-state index contributed by atoms with van der Waals surface area (Å²) in [5.74, 6) is 0.211. The van der Waals surface area contributed by atoms with Crippen molar-refractivity contribution in [3.8, 4) is 5.75 Å². The van der Waals surface area contributed by atoms with E-state index in [0.717, 1.165) is 28.6 Å². The maximum absolute atomic E-state index is 12.4. The van der Waals surface area contributed by atoms with Gasteiger partial charge in [-0.25, -0.2) is 0 Å². The second-order valence-electron chi connectivity index (χ2n) is 9.62. The Morgan fingerprint density at radius 2 is 1.58 bits per heavy atom. The van der Waals surface area contributed by atoms with Crippen LogP contribution in [0.25, 0.3) is 0 Å². The van der Waals surface area contributed by atoms with E-state index < -0.39 is 0 Å². The molecule has 0 amide bonds. The number of hydrogen-bond acceptors (Lipinski definition) is 3. The Morgan fingerprint density at radius 3 is 2.10 bits per heavy atom. The van der Waals surface area contributed by atoms with Crippen LogP contribution in [-0.4, -0.2) is 41.2 Å². The molecule has 0 aliphatic carbocycles. The van der Waals surface area contributed by atoms with Gasteiger partial charge in [-0.3, -0.25) is 4.79 Å². The molecule has 31 heavy (non-hydrogen) atoms. The summed E-state index contributed by atoms with van der Waals surface area (Å²) >= 11 is 0. The van der Waals surface area contributed by atoms with Gasteiger partial charge in [0.25, 0.3) is 0 Å². The van der Waals surface area contributed by atoms with Crippen LogP contribution >= 0.6 is 0 Å². The van der Waals surface area contributed by atoms with Gasteiger partial charge in [-0.1, -0.05) is 50.2 Å². The molecule has 2 aromatic rings. The monoisotopic (exact) mass is 426 g/mol. The van der Waals surface area contributed by atoms with Crippen molar-refractivity contribution in [1.82, 2.24) is 0 Å². The fourth-order valence-corrected chi connectivity index (χ4v) is 3.99. The molecule has 0 aliphatic rings. The quantitative estimate of drug-likeness (QED) is 0.309. The molecule has 170 valence electrons. The smallest absolute Gasteiger partial charge is 0.313 e. The van der Waals surface area contributed by atoms with Crippen molar-refractivity contribution in [1.29, 1.82) is 0 Å². The average molecular weight is 427 g/mol. The van der Waals surface area contributed by atoms with Crippen LogP contribution in [0, 0.1) is 5.92 Å². The molecular weight excluding hydrogens is 386 g/mol. The van der Waals surface area contributed by atoms with Crippen molar-refractivity contribution >= 4 is 5.97 Å². The van der Waals surface area contributed by atoms with E-state index in [1.807, 2.05) is 38.1 Å². The number of aliphatic hydroxyl groups is 1. The molecule has 0 aliphatic heterocycles. The standard InChI is InChI=1S/C27H40NO3/c1-19(2)27(30)31-26-14-13-22(18-29)17-25(26)24(23-11-9-8-10-12-23)15-16-28(7,20(3)4)21(5)6/h8-14,17,19-21,24,29H,15-16,18H2,1-7H3/q+1. The van der Waals surface area contributed by atoms with Crippen LogP contribution in [0.3, 0.4) is 0 Å². The normalized spacial score (nSPS) is 13.1. The third-order valence-electron chi connectivity index (χ3n) is 6.78. The van der Waals surface area contributed by atoms with Gasteiger partial charge < -0.3 is 14.3 Å². The highest BCUT2D eigenvalue weighted by Gasteiger charge is 2.32. The SMILES string of the molecule is CC(C)C(=O)Oc1ccc(CO)cc1C(CC[N+](C)(C(C)C)C(C)C)c1ccccc1. The number of carbonyl (C=O) groups is 1. The summed E-state index contributed by atoms with van der Waals surface area (Å²) in [4.78, 5) is 12.4. The fourth-order valence-electron chi connectivity index (χ4n) is 3.99. The summed E-state index contributed by atoms with van der Waals surface area (Å²) < 4.78 is 6.77. The zero-order valence-electron chi connectivity index (χ0n) is 20.3. The van der Waals surface area contributed by atoms with Gasteiger partial charge in [-0.05, 0) is 51.0 Å². The van der Waals surface area contributed by atoms with Crippen LogP contribution in [0.2, 0.25) is 0 Å². The van der Waals surface area contributed by atoms with Gasteiger partial charge in [0.15, 0.2) is 0 Å². The second kappa shape index (κ2) is 10.9. The number of ether oxygens (including phenoxy) is 1. The van der Waals surface area contributed by atoms with E-state index in [2.05, 4.69) is 59.0 Å². The van der Waals surface area contributed by atoms with Crippen molar-refractivity contribution in [2.24, 2.45) is 5.92 Å². The highest BCUT2D eigenvalue weighted by Crippen LogP contribution is 2.37. The maximum atomic E-state index is 12.4. The Balaban J connectivity index is 2.53. The molecule has 0 saturated heterocycles. The first-order chi connectivity index (χ1) is 14.6. The highest BCUT2D eigenvalue weighted by atomic mass is 16.5. The Labute approximate surface area is 188 Å². The van der Waals surface area contributed by atoms with Crippen LogP contribution in [0.4, 0.5) is 0 Å². The van der Waals surface area contributed by atoms with Crippen molar-refractivity contribution in [3.63, 3.8) is 0 Å². The van der Waals surface area contributed by atoms with Crippen LogP contribution < -0.4 is 4.74 Å². The molecule has 0 aromatic heterocycles. The van der Waals surface area contributed by atoms with E-state index in [1.165, 1.54) is 5.56 Å². The third kappa shape index (κ3) is 6.18. The van der Waals surface area contributed by atoms with Crippen LogP contribution in [-0.2, 0) is 11.4 Å². The van der Waals surface area contributed by atoms with Gasteiger partial charge in [0.05, 0.1) is 38.2 Å². The fraction of sp³-hybridized carbons (Fsp3) is 0.519. The van der Waals surface area contributed by atoms with Crippen LogP contribution in [0.1, 0.15) is 70.6 Å². The summed E-state index contributed by atoms with van der Waals surface area (Å²) in [5, 5.41) is 9.77. The predicted octanol–water partition coefficient (Wildman–Crippen LogP) is 5.53. The molecule has 1 N–H and O–H groups in total. The number of aliphatic hydroxyl groups excluding tert-OH is 1. The van der Waals surface area contributed by atoms with Gasteiger partial charge in [-0.15, -0.1) is 0 Å². The van der Waals surface area contributed by atoms with Gasteiger partial charge in [0.2, 0.25) is 0 Å². The van der Waals surface area contributed by atoms with E-state index in [4.69, 9.17) is 4.74 Å². The molecule has 0 fully saturated rings. The molecule has 4 heteroatoms. The van der Waals surface area contributed by atoms with Gasteiger partial charge in [0, 0.05) is 17.9 Å². The number of hydrogen-bond donors (Lipinski definition) is 1. The minimum atomic E-state index is -0.241. The number of benzene rings is 2. The van der Waals surface area contributed by atoms with Crippen LogP contribution in [0.15, 0.2) is 48.5 Å². The minimum Gasteiger partial charge on any atom is -0.426 e. The molecule has 2 aromatic carbocycles. The van der Waals surface area contributed by atoms with E-state index in [-0.39, 0.29) is 24.4 Å². The van der Waals surface area contributed by atoms with Crippen molar-refractivity contribution < 1.29 is 19.1 Å². The molecule has 1 unspecified atom stereocenters. The molecule has 1 atom stereocenters. The highest BCUT2D eigenvalue weighted by molar-refractivity contribution is 5.75. The average Bonchev–Trinajstić information content (AvgIpc) is 2.74. The molecule has 0 radical (unpaired) electrons. The number of quaternary nitrogens is 1. The van der Waals surface area contributed by atoms with Gasteiger partial charge >= 0.3 is 5.97 Å². The number of esters is 1. The van der Waals surface area contributed by atoms with Gasteiger partial charge in [0.1, 0.15) is 5.75 Å². The Kier molecular flexibility index (Phi) is 8.84. The molecule has 0 bridgehead atoms. The first kappa shape index (κ1) is 25.1. The topological polar surface area (TPSA) is 46.5 Å². The first-order valence-electron chi connectivity index (χ1n) is 11.4. The summed E-state index contributed by atoms with van der Waals surface area (Å²) in [5.41, 5.74) is 2.98. The predicted molar refractivity (Wildman–Crippen MR) is 127 cm³/mol. The lowest BCUT2D eigenvalue weighted by molar-refractivity contribution is -0.949. The molecular formula is C27H40NO3+. The first-order valence-corrected chi connectivity index (χ1v) is 11.4. The van der Waals surface area contributed by atoms with E-state index in [1.54, 1.807) is 0 Å². The number of rotatable bonds is 10. The zero-order chi connectivity index (χ0) is 23.2.